The summed E-state index contributed by atoms with van der Waals surface area (Å²) >= 11 is 1.35. The lowest BCUT2D eigenvalue weighted by molar-refractivity contribution is 0.609. The summed E-state index contributed by atoms with van der Waals surface area (Å²) in [7, 11) is 1.84. The summed E-state index contributed by atoms with van der Waals surface area (Å²) in [5, 5.41) is 7.31. The van der Waals surface area contributed by atoms with Gasteiger partial charge < -0.3 is 5.32 Å². The van der Waals surface area contributed by atoms with E-state index in [1.807, 2.05) is 7.05 Å². The summed E-state index contributed by atoms with van der Waals surface area (Å²) in [5.41, 5.74) is 1.77. The molecule has 18 heavy (non-hydrogen) atoms. The van der Waals surface area contributed by atoms with Crippen molar-refractivity contribution < 1.29 is 4.39 Å². The molecule has 0 radical (unpaired) electrons. The Bertz CT molecular complexity index is 514. The summed E-state index contributed by atoms with van der Waals surface area (Å²) in [6, 6.07) is 1.39. The Labute approximate surface area is 109 Å². The van der Waals surface area contributed by atoms with Crippen LogP contribution in [0.3, 0.4) is 0 Å². The van der Waals surface area contributed by atoms with Gasteiger partial charge in [-0.1, -0.05) is 17.8 Å². The SMILES string of the molecule is CCCc1nnsc1C(NC)c1cncc(F)c1. The van der Waals surface area contributed by atoms with E-state index >= 15 is 0 Å². The number of rotatable bonds is 5. The van der Waals surface area contributed by atoms with Crippen molar-refractivity contribution in [2.24, 2.45) is 0 Å². The summed E-state index contributed by atoms with van der Waals surface area (Å²) in [4.78, 5) is 4.92. The lowest BCUT2D eigenvalue weighted by atomic mass is 10.0. The molecule has 4 nitrogen and oxygen atoms in total. The highest BCUT2D eigenvalue weighted by Gasteiger charge is 2.19. The lowest BCUT2D eigenvalue weighted by Crippen LogP contribution is -2.18. The summed E-state index contributed by atoms with van der Waals surface area (Å²) in [5.74, 6) is -0.331. The first-order valence-electron chi connectivity index (χ1n) is 5.85. The molecule has 0 amide bonds. The van der Waals surface area contributed by atoms with E-state index < -0.39 is 0 Å². The summed E-state index contributed by atoms with van der Waals surface area (Å²) in [6.45, 7) is 2.10. The fourth-order valence-corrected chi connectivity index (χ4v) is 2.72. The zero-order chi connectivity index (χ0) is 13.0. The summed E-state index contributed by atoms with van der Waals surface area (Å²) < 4.78 is 17.2. The molecule has 2 rings (SSSR count). The van der Waals surface area contributed by atoms with Gasteiger partial charge in [-0.3, -0.25) is 4.98 Å². The average Bonchev–Trinajstić information content (AvgIpc) is 2.79. The molecule has 0 saturated heterocycles. The van der Waals surface area contributed by atoms with E-state index in [1.54, 1.807) is 6.20 Å². The minimum atomic E-state index is -0.331. The highest BCUT2D eigenvalue weighted by Crippen LogP contribution is 2.27. The molecule has 0 aromatic carbocycles. The van der Waals surface area contributed by atoms with Crippen LogP contribution >= 0.6 is 11.5 Å². The third-order valence-electron chi connectivity index (χ3n) is 2.68. The minimum absolute atomic E-state index is 0.102. The monoisotopic (exact) mass is 266 g/mol. The van der Waals surface area contributed by atoms with Crippen molar-refractivity contribution in [3.05, 3.63) is 40.4 Å². The van der Waals surface area contributed by atoms with Gasteiger partial charge in [0.2, 0.25) is 0 Å². The number of aromatic nitrogens is 3. The van der Waals surface area contributed by atoms with Gasteiger partial charge in [-0.05, 0) is 36.6 Å². The predicted molar refractivity (Wildman–Crippen MR) is 69.0 cm³/mol. The van der Waals surface area contributed by atoms with Crippen LogP contribution in [0.5, 0.6) is 0 Å². The Morgan fingerprint density at radius 1 is 1.44 bits per heavy atom. The first kappa shape index (κ1) is 13.0. The topological polar surface area (TPSA) is 50.7 Å². The molecule has 0 aliphatic heterocycles. The van der Waals surface area contributed by atoms with Gasteiger partial charge in [0.05, 0.1) is 22.8 Å². The van der Waals surface area contributed by atoms with E-state index in [0.29, 0.717) is 0 Å². The minimum Gasteiger partial charge on any atom is -0.309 e. The lowest BCUT2D eigenvalue weighted by Gasteiger charge is -2.15. The van der Waals surface area contributed by atoms with E-state index in [9.17, 15) is 4.39 Å². The maximum Gasteiger partial charge on any atom is 0.141 e. The maximum absolute atomic E-state index is 13.2. The first-order chi connectivity index (χ1) is 8.76. The van der Waals surface area contributed by atoms with Gasteiger partial charge in [0.25, 0.3) is 0 Å². The van der Waals surface area contributed by atoms with Gasteiger partial charge in [0.1, 0.15) is 5.82 Å². The first-order valence-corrected chi connectivity index (χ1v) is 6.62. The van der Waals surface area contributed by atoms with E-state index in [2.05, 4.69) is 26.8 Å². The normalized spacial score (nSPS) is 12.6. The second-order valence-corrected chi connectivity index (χ2v) is 4.78. The zero-order valence-electron chi connectivity index (χ0n) is 10.4. The van der Waals surface area contributed by atoms with Crippen LogP contribution in [0.1, 0.15) is 35.5 Å². The smallest absolute Gasteiger partial charge is 0.141 e. The number of nitrogens with zero attached hydrogens (tertiary/aromatic N) is 3. The molecular weight excluding hydrogens is 251 g/mol. The van der Waals surface area contributed by atoms with Crippen LogP contribution in [0.4, 0.5) is 4.39 Å². The van der Waals surface area contributed by atoms with Crippen molar-refractivity contribution in [3.8, 4) is 0 Å². The maximum atomic E-state index is 13.2. The molecule has 2 aromatic heterocycles. The Morgan fingerprint density at radius 3 is 2.94 bits per heavy atom. The van der Waals surface area contributed by atoms with Crippen molar-refractivity contribution in [2.45, 2.75) is 25.8 Å². The molecule has 0 saturated carbocycles. The third-order valence-corrected chi connectivity index (χ3v) is 3.51. The molecular formula is C12H15FN4S. The molecule has 1 N–H and O–H groups in total. The van der Waals surface area contributed by atoms with Crippen molar-refractivity contribution in [3.63, 3.8) is 0 Å². The largest absolute Gasteiger partial charge is 0.309 e. The number of halogens is 1. The van der Waals surface area contributed by atoms with Crippen LogP contribution in [0.25, 0.3) is 0 Å². The Hall–Kier alpha value is -1.40. The van der Waals surface area contributed by atoms with Crippen LogP contribution in [0.15, 0.2) is 18.5 Å². The van der Waals surface area contributed by atoms with Gasteiger partial charge >= 0.3 is 0 Å². The quantitative estimate of drug-likeness (QED) is 0.902. The van der Waals surface area contributed by atoms with E-state index in [1.165, 1.54) is 23.8 Å². The number of pyridine rings is 1. The molecule has 96 valence electrons. The molecule has 2 heterocycles. The molecule has 0 fully saturated rings. The Balaban J connectivity index is 2.36. The fraction of sp³-hybridized carbons (Fsp3) is 0.417. The third kappa shape index (κ3) is 2.70. The van der Waals surface area contributed by atoms with Gasteiger partial charge in [-0.25, -0.2) is 4.39 Å². The fourth-order valence-electron chi connectivity index (χ4n) is 1.88. The number of aryl methyl sites for hydroxylation is 1. The van der Waals surface area contributed by atoms with Crippen molar-refractivity contribution >= 4 is 11.5 Å². The molecule has 1 unspecified atom stereocenters. The average molecular weight is 266 g/mol. The van der Waals surface area contributed by atoms with Crippen LogP contribution in [-0.4, -0.2) is 21.6 Å². The van der Waals surface area contributed by atoms with Gasteiger partial charge in [-0.15, -0.1) is 5.10 Å². The molecule has 0 spiro atoms. The second-order valence-electron chi connectivity index (χ2n) is 3.99. The van der Waals surface area contributed by atoms with Gasteiger partial charge in [0.15, 0.2) is 0 Å². The molecule has 0 aliphatic rings. The molecule has 2 aromatic rings. The molecule has 1 atom stereocenters. The van der Waals surface area contributed by atoms with Crippen LogP contribution < -0.4 is 5.32 Å². The Morgan fingerprint density at radius 2 is 2.28 bits per heavy atom. The van der Waals surface area contributed by atoms with Gasteiger partial charge in [0, 0.05) is 6.20 Å². The number of hydrogen-bond acceptors (Lipinski definition) is 5. The number of nitrogens with one attached hydrogen (secondary N) is 1. The standard InChI is InChI=1S/C12H15FN4S/c1-3-4-10-12(18-17-16-10)11(14-2)8-5-9(13)7-15-6-8/h5-7,11,14H,3-4H2,1-2H3. The van der Waals surface area contributed by atoms with E-state index in [-0.39, 0.29) is 11.9 Å². The van der Waals surface area contributed by atoms with Crippen molar-refractivity contribution in [1.29, 1.82) is 0 Å². The molecule has 0 bridgehead atoms. The molecule has 6 heteroatoms. The van der Waals surface area contributed by atoms with Crippen LogP contribution in [0, 0.1) is 5.82 Å². The highest BCUT2D eigenvalue weighted by atomic mass is 32.1. The number of hydrogen-bond donors (Lipinski definition) is 1. The second kappa shape index (κ2) is 5.97. The van der Waals surface area contributed by atoms with Crippen LogP contribution in [-0.2, 0) is 6.42 Å². The highest BCUT2D eigenvalue weighted by molar-refractivity contribution is 7.05. The Kier molecular flexibility index (Phi) is 4.33. The van der Waals surface area contributed by atoms with Crippen LogP contribution in [0.2, 0.25) is 0 Å². The van der Waals surface area contributed by atoms with Gasteiger partial charge in [-0.2, -0.15) is 0 Å². The predicted octanol–water partition coefficient (Wildman–Crippen LogP) is 2.33. The van der Waals surface area contributed by atoms with E-state index in [4.69, 9.17) is 0 Å². The summed E-state index contributed by atoms with van der Waals surface area (Å²) in [6.07, 6.45) is 4.76. The van der Waals surface area contributed by atoms with Crippen molar-refractivity contribution in [1.82, 2.24) is 19.9 Å². The molecule has 0 aliphatic carbocycles. The zero-order valence-corrected chi connectivity index (χ0v) is 11.2. The van der Waals surface area contributed by atoms with E-state index in [0.717, 1.165) is 29.0 Å². The van der Waals surface area contributed by atoms with Crippen molar-refractivity contribution in [2.75, 3.05) is 7.05 Å².